The third kappa shape index (κ3) is 11.3. The normalized spacial score (nSPS) is 14.2. The lowest BCUT2D eigenvalue weighted by molar-refractivity contribution is -0.0830. The summed E-state index contributed by atoms with van der Waals surface area (Å²) >= 11 is 0. The summed E-state index contributed by atoms with van der Waals surface area (Å²) in [5.74, 6) is 0.0852. The zero-order chi connectivity index (χ0) is 23.7. The molecule has 0 aromatic carbocycles. The van der Waals surface area contributed by atoms with Gasteiger partial charge in [0.1, 0.15) is 14.1 Å². The van der Waals surface area contributed by atoms with Crippen molar-refractivity contribution >= 4 is 17.8 Å². The van der Waals surface area contributed by atoms with E-state index in [0.29, 0.717) is 6.04 Å². The van der Waals surface area contributed by atoms with Gasteiger partial charge >= 0.3 is 0 Å². The lowest BCUT2D eigenvalue weighted by Crippen LogP contribution is -2.56. The average Bonchev–Trinajstić information content (AvgIpc) is 2.79. The molecule has 188 valence electrons. The van der Waals surface area contributed by atoms with E-state index < -0.39 is 17.8 Å². The molecule has 31 heavy (non-hydrogen) atoms. The van der Waals surface area contributed by atoms with Crippen molar-refractivity contribution in [1.29, 1.82) is 0 Å². The number of nitrogens with zero attached hydrogens (tertiary/aromatic N) is 3. The van der Waals surface area contributed by atoms with Crippen LogP contribution in [0.4, 0.5) is 0 Å². The van der Waals surface area contributed by atoms with Crippen LogP contribution in [0.3, 0.4) is 0 Å². The van der Waals surface area contributed by atoms with Crippen LogP contribution in [-0.2, 0) is 9.47 Å². The van der Waals surface area contributed by atoms with Gasteiger partial charge in [-0.1, -0.05) is 41.5 Å². The van der Waals surface area contributed by atoms with Crippen LogP contribution in [0.1, 0.15) is 62.3 Å². The highest BCUT2D eigenvalue weighted by Crippen LogP contribution is 2.25. The van der Waals surface area contributed by atoms with Gasteiger partial charge in [0.15, 0.2) is 0 Å². The molecule has 0 spiro atoms. The van der Waals surface area contributed by atoms with Crippen molar-refractivity contribution in [3.63, 3.8) is 0 Å². The first-order valence-electron chi connectivity index (χ1n) is 13.4. The fourth-order valence-corrected chi connectivity index (χ4v) is 10.8. The van der Waals surface area contributed by atoms with E-state index in [2.05, 4.69) is 76.7 Å². The Bertz CT molecular complexity index is 396. The number of hydrogen-bond donors (Lipinski definition) is 0. The SMILES string of the molecule is CCOC(OCC)[SiH2]CC(C)N(CC)CCN(CCN(CC)CC)[Si](CC)(CC)CC. The zero-order valence-electron chi connectivity index (χ0n) is 22.7. The van der Waals surface area contributed by atoms with Crippen molar-refractivity contribution in [2.75, 3.05) is 59.0 Å². The molecular formula is C24H57N3O2Si2. The Hall–Kier alpha value is 0.234. The maximum absolute atomic E-state index is 5.82. The molecule has 0 amide bonds. The summed E-state index contributed by atoms with van der Waals surface area (Å²) in [4.78, 5) is 5.28. The van der Waals surface area contributed by atoms with Crippen molar-refractivity contribution in [2.24, 2.45) is 0 Å². The van der Waals surface area contributed by atoms with Gasteiger partial charge in [-0.15, -0.1) is 0 Å². The summed E-state index contributed by atoms with van der Waals surface area (Å²) in [6.07, 6.45) is 0. The van der Waals surface area contributed by atoms with Gasteiger partial charge < -0.3 is 18.9 Å². The maximum Gasteiger partial charge on any atom is 0.134 e. The van der Waals surface area contributed by atoms with E-state index in [1.807, 2.05) is 0 Å². The number of rotatable bonds is 21. The molecule has 0 fully saturated rings. The van der Waals surface area contributed by atoms with Gasteiger partial charge in [-0.05, 0) is 64.6 Å². The molecule has 1 atom stereocenters. The van der Waals surface area contributed by atoms with Gasteiger partial charge in [-0.2, -0.15) is 0 Å². The fraction of sp³-hybridized carbons (Fsp3) is 1.00. The first kappa shape index (κ1) is 31.2. The topological polar surface area (TPSA) is 28.2 Å². The van der Waals surface area contributed by atoms with Crippen molar-refractivity contribution in [1.82, 2.24) is 14.4 Å². The highest BCUT2D eigenvalue weighted by atomic mass is 28.3. The molecule has 0 aromatic heterocycles. The molecule has 0 heterocycles. The van der Waals surface area contributed by atoms with Crippen molar-refractivity contribution in [2.45, 2.75) is 98.4 Å². The van der Waals surface area contributed by atoms with E-state index >= 15 is 0 Å². The highest BCUT2D eigenvalue weighted by molar-refractivity contribution is 6.77. The first-order chi connectivity index (χ1) is 14.9. The first-order valence-corrected chi connectivity index (χ1v) is 17.7. The summed E-state index contributed by atoms with van der Waals surface area (Å²) in [5, 5.41) is 0. The third-order valence-corrected chi connectivity index (χ3v) is 15.3. The molecule has 1 unspecified atom stereocenters. The van der Waals surface area contributed by atoms with Crippen LogP contribution in [0.5, 0.6) is 0 Å². The number of likely N-dealkylation sites (N-methyl/N-ethyl adjacent to an activating group) is 2. The lowest BCUT2D eigenvalue weighted by Gasteiger charge is -2.43. The second kappa shape index (κ2) is 18.6. The number of hydrogen-bond acceptors (Lipinski definition) is 5. The van der Waals surface area contributed by atoms with Crippen molar-refractivity contribution in [3.05, 3.63) is 0 Å². The summed E-state index contributed by atoms with van der Waals surface area (Å²) in [6, 6.07) is 5.99. The molecule has 0 aliphatic heterocycles. The molecule has 5 nitrogen and oxygen atoms in total. The van der Waals surface area contributed by atoms with E-state index in [1.165, 1.54) is 50.4 Å². The van der Waals surface area contributed by atoms with Crippen molar-refractivity contribution in [3.8, 4) is 0 Å². The quantitative estimate of drug-likeness (QED) is 0.182. The zero-order valence-corrected chi connectivity index (χ0v) is 25.1. The standard InChI is InChI=1S/C24H57N3O2Si2/c1-10-25(11-2)18-20-27(31(15-6,16-7)17-8)21-19-26(12-3)23(9)22-30-24(28-13-4)29-14-5/h23-24H,10-22,30H2,1-9H3. The van der Waals surface area contributed by atoms with Crippen LogP contribution < -0.4 is 0 Å². The molecule has 0 N–H and O–H groups in total. The molecule has 0 aliphatic carbocycles. The highest BCUT2D eigenvalue weighted by Gasteiger charge is 2.34. The second-order valence-electron chi connectivity index (χ2n) is 8.69. The van der Waals surface area contributed by atoms with E-state index in [4.69, 9.17) is 9.47 Å². The van der Waals surface area contributed by atoms with Crippen LogP contribution >= 0.6 is 0 Å². The van der Waals surface area contributed by atoms with E-state index in [-0.39, 0.29) is 5.91 Å². The van der Waals surface area contributed by atoms with E-state index in [9.17, 15) is 0 Å². The fourth-order valence-electron chi connectivity index (χ4n) is 4.89. The Morgan fingerprint density at radius 1 is 0.710 bits per heavy atom. The van der Waals surface area contributed by atoms with Gasteiger partial charge in [0, 0.05) is 45.4 Å². The molecule has 0 saturated carbocycles. The summed E-state index contributed by atoms with van der Waals surface area (Å²) < 4.78 is 14.6. The van der Waals surface area contributed by atoms with Crippen LogP contribution in [0.2, 0.25) is 24.2 Å². The Labute approximate surface area is 199 Å². The maximum atomic E-state index is 5.82. The molecule has 0 aromatic rings. The Morgan fingerprint density at radius 2 is 1.23 bits per heavy atom. The smallest absolute Gasteiger partial charge is 0.134 e. The molecule has 0 rings (SSSR count). The summed E-state index contributed by atoms with van der Waals surface area (Å²) in [6.45, 7) is 30.6. The molecule has 7 heteroatoms. The predicted molar refractivity (Wildman–Crippen MR) is 144 cm³/mol. The minimum Gasteiger partial charge on any atom is -0.357 e. The second-order valence-corrected chi connectivity index (χ2v) is 15.7. The average molecular weight is 476 g/mol. The molecule has 0 radical (unpaired) electrons. The lowest BCUT2D eigenvalue weighted by atomic mass is 10.3. The van der Waals surface area contributed by atoms with Crippen LogP contribution in [-0.4, -0.2) is 103 Å². The van der Waals surface area contributed by atoms with Crippen LogP contribution in [0.15, 0.2) is 0 Å². The van der Waals surface area contributed by atoms with Gasteiger partial charge in [-0.3, -0.25) is 4.90 Å². The minimum absolute atomic E-state index is 0.0852. The van der Waals surface area contributed by atoms with E-state index in [0.717, 1.165) is 32.8 Å². The summed E-state index contributed by atoms with van der Waals surface area (Å²) in [7, 11) is -1.76. The van der Waals surface area contributed by atoms with Crippen LogP contribution in [0, 0.1) is 0 Å². The van der Waals surface area contributed by atoms with Crippen molar-refractivity contribution < 1.29 is 9.47 Å². The van der Waals surface area contributed by atoms with Gasteiger partial charge in [-0.25, -0.2) is 0 Å². The molecule has 0 aliphatic rings. The minimum atomic E-state index is -1.36. The van der Waals surface area contributed by atoms with Gasteiger partial charge in [0.05, 0.1) is 9.52 Å². The molecular weight excluding hydrogens is 418 g/mol. The Kier molecular flexibility index (Phi) is 18.8. The Morgan fingerprint density at radius 3 is 1.65 bits per heavy atom. The van der Waals surface area contributed by atoms with Crippen LogP contribution in [0.25, 0.3) is 0 Å². The van der Waals surface area contributed by atoms with Gasteiger partial charge in [0.25, 0.3) is 0 Å². The predicted octanol–water partition coefficient (Wildman–Crippen LogP) is 4.29. The van der Waals surface area contributed by atoms with E-state index in [1.54, 1.807) is 0 Å². The summed E-state index contributed by atoms with van der Waals surface area (Å²) in [5.41, 5.74) is 0. The third-order valence-electron chi connectivity index (χ3n) is 7.44. The number of ether oxygens (including phenoxy) is 2. The van der Waals surface area contributed by atoms with Gasteiger partial charge in [0.2, 0.25) is 0 Å². The molecule has 0 bridgehead atoms. The molecule has 0 saturated heterocycles. The monoisotopic (exact) mass is 475 g/mol. The Balaban J connectivity index is 5.06. The largest absolute Gasteiger partial charge is 0.357 e.